The highest BCUT2D eigenvalue weighted by atomic mass is 16.3. The van der Waals surface area contributed by atoms with Gasteiger partial charge in [-0.25, -0.2) is 0 Å². The van der Waals surface area contributed by atoms with Crippen molar-refractivity contribution in [3.8, 4) is 0 Å². The van der Waals surface area contributed by atoms with Gasteiger partial charge in [0.2, 0.25) is 0 Å². The highest BCUT2D eigenvalue weighted by Gasteiger charge is 2.30. The van der Waals surface area contributed by atoms with E-state index in [1.54, 1.807) is 0 Å². The van der Waals surface area contributed by atoms with Gasteiger partial charge in [-0.3, -0.25) is 0 Å². The standard InChI is InChI=1S/C14H29NO/c1-3-4-5-6-9-13(2)15-12-14(16)10-7-8-11-14/h13,15-16H,3-12H2,1-2H3. The van der Waals surface area contributed by atoms with Crippen LogP contribution in [0.3, 0.4) is 0 Å². The lowest BCUT2D eigenvalue weighted by Gasteiger charge is -2.25. The molecule has 2 heteroatoms. The Bertz CT molecular complexity index is 176. The predicted octanol–water partition coefficient (Wildman–Crippen LogP) is 3.24. The van der Waals surface area contributed by atoms with Crippen LogP contribution in [0.5, 0.6) is 0 Å². The Morgan fingerprint density at radius 2 is 1.88 bits per heavy atom. The monoisotopic (exact) mass is 227 g/mol. The molecule has 1 atom stereocenters. The highest BCUT2D eigenvalue weighted by molar-refractivity contribution is 4.86. The molecule has 0 aromatic rings. The van der Waals surface area contributed by atoms with Crippen molar-refractivity contribution in [1.29, 1.82) is 0 Å². The van der Waals surface area contributed by atoms with Crippen molar-refractivity contribution in [1.82, 2.24) is 5.32 Å². The van der Waals surface area contributed by atoms with Crippen molar-refractivity contribution in [2.75, 3.05) is 6.54 Å². The predicted molar refractivity (Wildman–Crippen MR) is 69.6 cm³/mol. The molecular weight excluding hydrogens is 198 g/mol. The molecular formula is C14H29NO. The topological polar surface area (TPSA) is 32.3 Å². The van der Waals surface area contributed by atoms with Gasteiger partial charge in [-0.1, -0.05) is 45.4 Å². The SMILES string of the molecule is CCCCCCC(C)NCC1(O)CCCC1. The van der Waals surface area contributed by atoms with Crippen LogP contribution in [0.2, 0.25) is 0 Å². The van der Waals surface area contributed by atoms with Crippen LogP contribution in [0.4, 0.5) is 0 Å². The Morgan fingerprint density at radius 1 is 1.19 bits per heavy atom. The first kappa shape index (κ1) is 14.0. The first-order chi connectivity index (χ1) is 7.66. The Kier molecular flexibility index (Phi) is 6.37. The Balaban J connectivity index is 2.03. The van der Waals surface area contributed by atoms with E-state index in [2.05, 4.69) is 19.2 Å². The molecule has 0 radical (unpaired) electrons. The van der Waals surface area contributed by atoms with E-state index in [1.165, 1.54) is 44.9 Å². The Labute approximate surface area is 101 Å². The normalized spacial score (nSPS) is 21.2. The van der Waals surface area contributed by atoms with Crippen molar-refractivity contribution >= 4 is 0 Å². The van der Waals surface area contributed by atoms with Gasteiger partial charge in [0.15, 0.2) is 0 Å². The summed E-state index contributed by atoms with van der Waals surface area (Å²) in [5, 5.41) is 13.7. The van der Waals surface area contributed by atoms with Gasteiger partial charge in [-0.05, 0) is 26.2 Å². The number of hydrogen-bond donors (Lipinski definition) is 2. The molecule has 0 heterocycles. The lowest BCUT2D eigenvalue weighted by molar-refractivity contribution is 0.0450. The largest absolute Gasteiger partial charge is 0.389 e. The van der Waals surface area contributed by atoms with Gasteiger partial charge in [-0.2, -0.15) is 0 Å². The summed E-state index contributed by atoms with van der Waals surface area (Å²) in [6, 6.07) is 0.557. The molecule has 1 fully saturated rings. The molecule has 2 nitrogen and oxygen atoms in total. The molecule has 1 saturated carbocycles. The van der Waals surface area contributed by atoms with Crippen LogP contribution in [0.1, 0.15) is 71.6 Å². The van der Waals surface area contributed by atoms with Crippen LogP contribution in [-0.4, -0.2) is 23.3 Å². The lowest BCUT2D eigenvalue weighted by Crippen LogP contribution is -2.41. The van der Waals surface area contributed by atoms with Crippen LogP contribution in [0.15, 0.2) is 0 Å². The third-order valence-electron chi connectivity index (χ3n) is 3.80. The molecule has 16 heavy (non-hydrogen) atoms. The van der Waals surface area contributed by atoms with E-state index in [0.717, 1.165) is 19.4 Å². The Hall–Kier alpha value is -0.0800. The van der Waals surface area contributed by atoms with Crippen molar-refractivity contribution in [2.45, 2.75) is 83.3 Å². The fourth-order valence-corrected chi connectivity index (χ4v) is 2.55. The van der Waals surface area contributed by atoms with Gasteiger partial charge in [-0.15, -0.1) is 0 Å². The summed E-state index contributed by atoms with van der Waals surface area (Å²) in [7, 11) is 0. The van der Waals surface area contributed by atoms with E-state index in [4.69, 9.17) is 0 Å². The summed E-state index contributed by atoms with van der Waals surface area (Å²) >= 11 is 0. The van der Waals surface area contributed by atoms with Crippen LogP contribution < -0.4 is 5.32 Å². The van der Waals surface area contributed by atoms with Gasteiger partial charge in [0.25, 0.3) is 0 Å². The summed E-state index contributed by atoms with van der Waals surface area (Å²) < 4.78 is 0. The van der Waals surface area contributed by atoms with Crippen LogP contribution >= 0.6 is 0 Å². The first-order valence-electron chi connectivity index (χ1n) is 7.12. The van der Waals surface area contributed by atoms with E-state index in [1.807, 2.05) is 0 Å². The molecule has 0 aromatic carbocycles. The minimum Gasteiger partial charge on any atom is -0.389 e. The number of unbranched alkanes of at least 4 members (excludes halogenated alkanes) is 3. The van der Waals surface area contributed by atoms with Gasteiger partial charge >= 0.3 is 0 Å². The van der Waals surface area contributed by atoms with Gasteiger partial charge in [0.1, 0.15) is 0 Å². The minimum absolute atomic E-state index is 0.391. The van der Waals surface area contributed by atoms with Crippen molar-refractivity contribution < 1.29 is 5.11 Å². The molecule has 0 aromatic heterocycles. The number of rotatable bonds is 8. The maximum absolute atomic E-state index is 10.2. The second kappa shape index (κ2) is 7.29. The molecule has 2 N–H and O–H groups in total. The van der Waals surface area contributed by atoms with E-state index in [9.17, 15) is 5.11 Å². The average Bonchev–Trinajstić information content (AvgIpc) is 2.70. The fourth-order valence-electron chi connectivity index (χ4n) is 2.55. The van der Waals surface area contributed by atoms with Gasteiger partial charge in [0, 0.05) is 12.6 Å². The van der Waals surface area contributed by atoms with Crippen LogP contribution in [0, 0.1) is 0 Å². The molecule has 1 rings (SSSR count). The Morgan fingerprint density at radius 3 is 2.50 bits per heavy atom. The maximum Gasteiger partial charge on any atom is 0.0771 e. The maximum atomic E-state index is 10.2. The van der Waals surface area contributed by atoms with Gasteiger partial charge < -0.3 is 10.4 Å². The summed E-state index contributed by atoms with van der Waals surface area (Å²) in [6.07, 6.45) is 11.0. The molecule has 0 spiro atoms. The summed E-state index contributed by atoms with van der Waals surface area (Å²) in [4.78, 5) is 0. The molecule has 0 bridgehead atoms. The minimum atomic E-state index is -0.391. The molecule has 0 amide bonds. The molecule has 1 aliphatic rings. The third kappa shape index (κ3) is 5.31. The van der Waals surface area contributed by atoms with Crippen molar-refractivity contribution in [3.05, 3.63) is 0 Å². The number of nitrogens with one attached hydrogen (secondary N) is 1. The smallest absolute Gasteiger partial charge is 0.0771 e. The molecule has 96 valence electrons. The van der Waals surface area contributed by atoms with Crippen LogP contribution in [0.25, 0.3) is 0 Å². The average molecular weight is 227 g/mol. The third-order valence-corrected chi connectivity index (χ3v) is 3.80. The molecule has 0 aliphatic heterocycles. The molecule has 1 aliphatic carbocycles. The fraction of sp³-hybridized carbons (Fsp3) is 1.00. The second-order valence-electron chi connectivity index (χ2n) is 5.56. The number of hydrogen-bond acceptors (Lipinski definition) is 2. The van der Waals surface area contributed by atoms with E-state index in [-0.39, 0.29) is 0 Å². The van der Waals surface area contributed by atoms with Crippen molar-refractivity contribution in [2.24, 2.45) is 0 Å². The zero-order chi connectivity index (χ0) is 11.9. The molecule has 0 saturated heterocycles. The van der Waals surface area contributed by atoms with E-state index < -0.39 is 5.60 Å². The van der Waals surface area contributed by atoms with E-state index >= 15 is 0 Å². The lowest BCUT2D eigenvalue weighted by atomic mass is 10.0. The van der Waals surface area contributed by atoms with Crippen molar-refractivity contribution in [3.63, 3.8) is 0 Å². The molecule has 1 unspecified atom stereocenters. The summed E-state index contributed by atoms with van der Waals surface area (Å²) in [5.41, 5.74) is -0.391. The van der Waals surface area contributed by atoms with E-state index in [0.29, 0.717) is 6.04 Å². The van der Waals surface area contributed by atoms with Crippen LogP contribution in [-0.2, 0) is 0 Å². The zero-order valence-electron chi connectivity index (χ0n) is 11.1. The summed E-state index contributed by atoms with van der Waals surface area (Å²) in [6.45, 7) is 5.28. The second-order valence-corrected chi connectivity index (χ2v) is 5.56. The summed E-state index contributed by atoms with van der Waals surface area (Å²) in [5.74, 6) is 0. The zero-order valence-corrected chi connectivity index (χ0v) is 11.1. The van der Waals surface area contributed by atoms with Gasteiger partial charge in [0.05, 0.1) is 5.60 Å². The number of aliphatic hydroxyl groups is 1. The first-order valence-corrected chi connectivity index (χ1v) is 7.12. The quantitative estimate of drug-likeness (QED) is 0.624. The highest BCUT2D eigenvalue weighted by Crippen LogP contribution is 2.28.